The predicted molar refractivity (Wildman–Crippen MR) is 75.2 cm³/mol. The van der Waals surface area contributed by atoms with Crippen LogP contribution in [0.3, 0.4) is 0 Å². The van der Waals surface area contributed by atoms with Gasteiger partial charge in [0.25, 0.3) is 0 Å². The molecule has 0 amide bonds. The Balaban J connectivity index is 2.33. The van der Waals surface area contributed by atoms with Crippen LogP contribution in [0.2, 0.25) is 5.02 Å². The summed E-state index contributed by atoms with van der Waals surface area (Å²) < 4.78 is 6.29. The van der Waals surface area contributed by atoms with E-state index in [0.717, 1.165) is 10.0 Å². The van der Waals surface area contributed by atoms with E-state index >= 15 is 0 Å². The first-order valence-electron chi connectivity index (χ1n) is 5.30. The Morgan fingerprint density at radius 2 is 2.16 bits per heavy atom. The number of aromatic nitrogens is 1. The van der Waals surface area contributed by atoms with Gasteiger partial charge in [0.05, 0.1) is 21.3 Å². The molecule has 0 bridgehead atoms. The molecule has 1 heterocycles. The van der Waals surface area contributed by atoms with Gasteiger partial charge in [0.2, 0.25) is 5.88 Å². The van der Waals surface area contributed by atoms with Gasteiger partial charge in [-0.25, -0.2) is 9.78 Å². The molecule has 19 heavy (non-hydrogen) atoms. The summed E-state index contributed by atoms with van der Waals surface area (Å²) in [7, 11) is 0. The van der Waals surface area contributed by atoms with Crippen molar-refractivity contribution in [3.63, 3.8) is 0 Å². The number of aryl methyl sites for hydroxylation is 1. The van der Waals surface area contributed by atoms with Gasteiger partial charge in [-0.1, -0.05) is 17.7 Å². The van der Waals surface area contributed by atoms with Crippen molar-refractivity contribution in [2.75, 3.05) is 0 Å². The predicted octanol–water partition coefficient (Wildman–Crippen LogP) is 4.30. The molecule has 0 fully saturated rings. The molecule has 0 saturated carbocycles. The summed E-state index contributed by atoms with van der Waals surface area (Å²) >= 11 is 9.11. The Morgan fingerprint density at radius 1 is 1.42 bits per heavy atom. The number of rotatable bonds is 3. The van der Waals surface area contributed by atoms with Crippen molar-refractivity contribution >= 4 is 33.5 Å². The minimum Gasteiger partial charge on any atom is -0.478 e. The molecule has 0 atom stereocenters. The Kier molecular flexibility index (Phi) is 4.07. The fourth-order valence-electron chi connectivity index (χ4n) is 1.44. The number of benzene rings is 1. The lowest BCUT2D eigenvalue weighted by atomic mass is 10.2. The average Bonchev–Trinajstić information content (AvgIpc) is 2.34. The number of pyridine rings is 1. The lowest BCUT2D eigenvalue weighted by molar-refractivity contribution is 0.0696. The highest BCUT2D eigenvalue weighted by Crippen LogP contribution is 2.30. The molecule has 1 aromatic carbocycles. The molecule has 0 radical (unpaired) electrons. The van der Waals surface area contributed by atoms with Gasteiger partial charge in [0.15, 0.2) is 0 Å². The summed E-state index contributed by atoms with van der Waals surface area (Å²) in [5, 5.41) is 9.04. The van der Waals surface area contributed by atoms with Crippen LogP contribution in [0.25, 0.3) is 0 Å². The number of carboxylic acids is 1. The SMILES string of the molecule is Cc1ccc(Oc2cc(C(=O)O)c(Cl)cn2)c(Br)c1. The van der Waals surface area contributed by atoms with Gasteiger partial charge in [0, 0.05) is 6.07 Å². The maximum atomic E-state index is 11.0. The van der Waals surface area contributed by atoms with Gasteiger partial charge in [-0.05, 0) is 40.5 Å². The molecular weight excluding hydrogens is 334 g/mol. The van der Waals surface area contributed by atoms with Crippen molar-refractivity contribution < 1.29 is 14.6 Å². The highest BCUT2D eigenvalue weighted by Gasteiger charge is 2.12. The maximum Gasteiger partial charge on any atom is 0.337 e. The van der Waals surface area contributed by atoms with Crippen molar-refractivity contribution in [1.82, 2.24) is 4.98 Å². The number of carboxylic acid groups (broad SMARTS) is 1. The Morgan fingerprint density at radius 3 is 2.79 bits per heavy atom. The van der Waals surface area contributed by atoms with Crippen molar-refractivity contribution in [3.8, 4) is 11.6 Å². The number of hydrogen-bond acceptors (Lipinski definition) is 3. The zero-order valence-corrected chi connectivity index (χ0v) is 12.2. The third kappa shape index (κ3) is 3.24. The second kappa shape index (κ2) is 5.59. The zero-order valence-electron chi connectivity index (χ0n) is 9.85. The van der Waals surface area contributed by atoms with E-state index in [1.54, 1.807) is 6.07 Å². The minimum absolute atomic E-state index is 0.0464. The molecule has 98 valence electrons. The van der Waals surface area contributed by atoms with E-state index in [1.807, 2.05) is 19.1 Å². The highest BCUT2D eigenvalue weighted by atomic mass is 79.9. The molecule has 1 N–H and O–H groups in total. The summed E-state index contributed by atoms with van der Waals surface area (Å²) in [5.74, 6) is -0.400. The second-order valence-electron chi connectivity index (χ2n) is 3.84. The molecule has 0 aliphatic rings. The third-order valence-corrected chi connectivity index (χ3v) is 3.28. The van der Waals surface area contributed by atoms with Crippen LogP contribution in [0.5, 0.6) is 11.6 Å². The van der Waals surface area contributed by atoms with Gasteiger partial charge in [-0.3, -0.25) is 0 Å². The van der Waals surface area contributed by atoms with Crippen LogP contribution in [-0.4, -0.2) is 16.1 Å². The first-order chi connectivity index (χ1) is 8.97. The van der Waals surface area contributed by atoms with Crippen LogP contribution in [0.15, 0.2) is 34.9 Å². The van der Waals surface area contributed by atoms with Gasteiger partial charge in [-0.2, -0.15) is 0 Å². The molecule has 2 aromatic rings. The van der Waals surface area contributed by atoms with Crippen molar-refractivity contribution in [1.29, 1.82) is 0 Å². The molecule has 0 saturated heterocycles. The Bertz CT molecular complexity index is 646. The maximum absolute atomic E-state index is 11.0. The van der Waals surface area contributed by atoms with Crippen molar-refractivity contribution in [3.05, 3.63) is 51.1 Å². The van der Waals surface area contributed by atoms with Crippen LogP contribution in [0.1, 0.15) is 15.9 Å². The first-order valence-corrected chi connectivity index (χ1v) is 6.47. The van der Waals surface area contributed by atoms with Gasteiger partial charge < -0.3 is 9.84 Å². The van der Waals surface area contributed by atoms with E-state index < -0.39 is 5.97 Å². The lowest BCUT2D eigenvalue weighted by Gasteiger charge is -2.08. The molecule has 1 aromatic heterocycles. The monoisotopic (exact) mass is 341 g/mol. The van der Waals surface area contributed by atoms with Crippen molar-refractivity contribution in [2.45, 2.75) is 6.92 Å². The quantitative estimate of drug-likeness (QED) is 0.903. The van der Waals surface area contributed by atoms with Gasteiger partial charge in [0.1, 0.15) is 5.75 Å². The summed E-state index contributed by atoms with van der Waals surface area (Å²) in [5.41, 5.74) is 1.03. The third-order valence-electron chi connectivity index (χ3n) is 2.36. The van der Waals surface area contributed by atoms with E-state index in [4.69, 9.17) is 21.4 Å². The number of ether oxygens (including phenoxy) is 1. The molecule has 6 heteroatoms. The first kappa shape index (κ1) is 13.8. The number of nitrogens with zero attached hydrogens (tertiary/aromatic N) is 1. The van der Waals surface area contributed by atoms with Gasteiger partial charge in [-0.15, -0.1) is 0 Å². The summed E-state index contributed by atoms with van der Waals surface area (Å²) in [6.07, 6.45) is 1.25. The number of halogens is 2. The van der Waals surface area contributed by atoms with Gasteiger partial charge >= 0.3 is 5.97 Å². The number of aromatic carboxylic acids is 1. The van der Waals surface area contributed by atoms with Crippen LogP contribution in [0.4, 0.5) is 0 Å². The number of hydrogen-bond donors (Lipinski definition) is 1. The van der Waals surface area contributed by atoms with E-state index in [9.17, 15) is 4.79 Å². The van der Waals surface area contributed by atoms with Crippen LogP contribution < -0.4 is 4.74 Å². The van der Waals surface area contributed by atoms with E-state index in [0.29, 0.717) is 5.75 Å². The lowest BCUT2D eigenvalue weighted by Crippen LogP contribution is -1.99. The minimum atomic E-state index is -1.12. The molecule has 0 unspecified atom stereocenters. The molecule has 0 aliphatic heterocycles. The normalized spacial score (nSPS) is 10.3. The Labute approximate surface area is 123 Å². The smallest absolute Gasteiger partial charge is 0.337 e. The number of carbonyl (C=O) groups is 1. The largest absolute Gasteiger partial charge is 0.478 e. The molecule has 0 spiro atoms. The summed E-state index contributed by atoms with van der Waals surface area (Å²) in [4.78, 5) is 14.9. The van der Waals surface area contributed by atoms with E-state index in [2.05, 4.69) is 20.9 Å². The van der Waals surface area contributed by atoms with E-state index in [1.165, 1.54) is 12.3 Å². The van der Waals surface area contributed by atoms with Crippen LogP contribution in [-0.2, 0) is 0 Å². The summed E-state index contributed by atoms with van der Waals surface area (Å²) in [6.45, 7) is 1.96. The molecule has 2 rings (SSSR count). The fourth-order valence-corrected chi connectivity index (χ4v) is 2.20. The topological polar surface area (TPSA) is 59.4 Å². The van der Waals surface area contributed by atoms with Crippen LogP contribution in [0, 0.1) is 6.92 Å². The Hall–Kier alpha value is -1.59. The fraction of sp³-hybridized carbons (Fsp3) is 0.0769. The second-order valence-corrected chi connectivity index (χ2v) is 5.11. The average molecular weight is 343 g/mol. The molecule has 0 aliphatic carbocycles. The summed E-state index contributed by atoms with van der Waals surface area (Å²) in [6, 6.07) is 6.84. The van der Waals surface area contributed by atoms with Crippen molar-refractivity contribution in [2.24, 2.45) is 0 Å². The molecular formula is C13H9BrClNO3. The standard InChI is InChI=1S/C13H9BrClNO3/c1-7-2-3-11(9(14)4-7)19-12-5-8(13(17)18)10(15)6-16-12/h2-6H,1H3,(H,17,18). The molecule has 4 nitrogen and oxygen atoms in total. The van der Waals surface area contributed by atoms with Crippen LogP contribution >= 0.6 is 27.5 Å². The zero-order chi connectivity index (χ0) is 14.0. The van der Waals surface area contributed by atoms with E-state index in [-0.39, 0.29) is 16.5 Å². The highest BCUT2D eigenvalue weighted by molar-refractivity contribution is 9.10.